The van der Waals surface area contributed by atoms with E-state index in [1.54, 1.807) is 0 Å². The third-order valence-electron chi connectivity index (χ3n) is 4.03. The van der Waals surface area contributed by atoms with Gasteiger partial charge in [-0.05, 0) is 25.0 Å². The molecule has 1 saturated heterocycles. The van der Waals surface area contributed by atoms with E-state index in [1.165, 1.54) is 16.8 Å². The van der Waals surface area contributed by atoms with Gasteiger partial charge in [0, 0.05) is 19.2 Å². The molecule has 7 nitrogen and oxygen atoms in total. The summed E-state index contributed by atoms with van der Waals surface area (Å²) in [6.07, 6.45) is 3.39. The summed E-state index contributed by atoms with van der Waals surface area (Å²) >= 11 is 0. The maximum atomic E-state index is 13.7. The number of anilines is 1. The van der Waals surface area contributed by atoms with Crippen molar-refractivity contribution in [3.63, 3.8) is 0 Å². The van der Waals surface area contributed by atoms with Crippen LogP contribution < -0.4 is 5.32 Å². The third kappa shape index (κ3) is 3.69. The Morgan fingerprint density at radius 3 is 2.88 bits per heavy atom. The van der Waals surface area contributed by atoms with E-state index in [0.717, 1.165) is 18.2 Å². The second-order valence-electron chi connectivity index (χ2n) is 5.73. The molecule has 0 bridgehead atoms. The van der Waals surface area contributed by atoms with E-state index in [1.807, 2.05) is 0 Å². The zero-order chi connectivity index (χ0) is 18.0. The van der Waals surface area contributed by atoms with Gasteiger partial charge in [-0.2, -0.15) is 4.31 Å². The highest BCUT2D eigenvalue weighted by molar-refractivity contribution is 7.89. The first kappa shape index (κ1) is 17.5. The molecule has 25 heavy (non-hydrogen) atoms. The van der Waals surface area contributed by atoms with Crippen LogP contribution in [0.2, 0.25) is 0 Å². The third-order valence-corrected chi connectivity index (χ3v) is 5.82. The number of carbonyl (C=O) groups excluding carboxylic acids is 1. The predicted molar refractivity (Wildman–Crippen MR) is 85.1 cm³/mol. The SMILES string of the molecule is O=C(Nc1cc(F)ccc1F)C1CCCN(S(=O)(=O)c2cnc[nH]2)C1. The molecule has 10 heteroatoms. The number of imidazole rings is 1. The number of rotatable bonds is 4. The van der Waals surface area contributed by atoms with Gasteiger partial charge < -0.3 is 10.3 Å². The summed E-state index contributed by atoms with van der Waals surface area (Å²) in [4.78, 5) is 18.6. The van der Waals surface area contributed by atoms with Crippen molar-refractivity contribution in [1.29, 1.82) is 0 Å². The number of piperidine rings is 1. The number of hydrogen-bond donors (Lipinski definition) is 2. The molecular formula is C15H16F2N4O3S. The van der Waals surface area contributed by atoms with Crippen LogP contribution in [0.3, 0.4) is 0 Å². The monoisotopic (exact) mass is 370 g/mol. The molecule has 1 aliphatic heterocycles. The van der Waals surface area contributed by atoms with Gasteiger partial charge in [-0.3, -0.25) is 4.79 Å². The molecule has 2 heterocycles. The van der Waals surface area contributed by atoms with E-state index in [0.29, 0.717) is 12.8 Å². The van der Waals surface area contributed by atoms with Crippen molar-refractivity contribution >= 4 is 21.6 Å². The van der Waals surface area contributed by atoms with Crippen LogP contribution in [0.4, 0.5) is 14.5 Å². The Morgan fingerprint density at radius 1 is 1.36 bits per heavy atom. The highest BCUT2D eigenvalue weighted by atomic mass is 32.2. The second-order valence-corrected chi connectivity index (χ2v) is 7.64. The molecule has 0 radical (unpaired) electrons. The number of amides is 1. The number of sulfonamides is 1. The maximum absolute atomic E-state index is 13.7. The van der Waals surface area contributed by atoms with Gasteiger partial charge in [0.1, 0.15) is 11.6 Å². The molecule has 2 N–H and O–H groups in total. The van der Waals surface area contributed by atoms with Gasteiger partial charge >= 0.3 is 0 Å². The molecule has 1 fully saturated rings. The molecule has 0 spiro atoms. The van der Waals surface area contributed by atoms with Crippen molar-refractivity contribution in [2.45, 2.75) is 17.9 Å². The zero-order valence-corrected chi connectivity index (χ0v) is 13.9. The quantitative estimate of drug-likeness (QED) is 0.857. The lowest BCUT2D eigenvalue weighted by molar-refractivity contribution is -0.120. The van der Waals surface area contributed by atoms with Crippen LogP contribution in [0.15, 0.2) is 35.7 Å². The molecule has 1 unspecified atom stereocenters. The Kier molecular flexibility index (Phi) is 4.82. The predicted octanol–water partition coefficient (Wildman–Crippen LogP) is 1.73. The minimum absolute atomic E-state index is 0.0376. The van der Waals surface area contributed by atoms with Crippen molar-refractivity contribution in [2.24, 2.45) is 5.92 Å². The molecular weight excluding hydrogens is 354 g/mol. The lowest BCUT2D eigenvalue weighted by atomic mass is 9.98. The van der Waals surface area contributed by atoms with E-state index in [2.05, 4.69) is 15.3 Å². The smallest absolute Gasteiger partial charge is 0.260 e. The first-order chi connectivity index (χ1) is 11.9. The number of benzene rings is 1. The van der Waals surface area contributed by atoms with Crippen molar-refractivity contribution in [1.82, 2.24) is 14.3 Å². The first-order valence-corrected chi connectivity index (χ1v) is 9.06. The van der Waals surface area contributed by atoms with E-state index >= 15 is 0 Å². The topological polar surface area (TPSA) is 95.2 Å². The average Bonchev–Trinajstić information content (AvgIpc) is 3.13. The van der Waals surface area contributed by atoms with Crippen molar-refractivity contribution in [2.75, 3.05) is 18.4 Å². The summed E-state index contributed by atoms with van der Waals surface area (Å²) in [6, 6.07) is 2.75. The Labute approximate surface area is 143 Å². The number of carbonyl (C=O) groups is 1. The first-order valence-electron chi connectivity index (χ1n) is 7.62. The van der Waals surface area contributed by atoms with Crippen LogP contribution in [0, 0.1) is 17.6 Å². The largest absolute Gasteiger partial charge is 0.335 e. The molecule has 2 aromatic rings. The Bertz CT molecular complexity index is 871. The molecule has 0 saturated carbocycles. The molecule has 1 amide bonds. The summed E-state index contributed by atoms with van der Waals surface area (Å²) in [5, 5.41) is 2.28. The van der Waals surface area contributed by atoms with Crippen molar-refractivity contribution < 1.29 is 22.0 Å². The number of nitrogens with one attached hydrogen (secondary N) is 2. The normalized spacial score (nSPS) is 18.9. The Balaban J connectivity index is 1.73. The van der Waals surface area contributed by atoms with E-state index in [4.69, 9.17) is 0 Å². The fourth-order valence-corrected chi connectivity index (χ4v) is 4.15. The van der Waals surface area contributed by atoms with Crippen molar-refractivity contribution in [3.8, 4) is 0 Å². The summed E-state index contributed by atoms with van der Waals surface area (Å²) in [5.74, 6) is -2.64. The molecule has 1 atom stereocenters. The molecule has 1 aromatic carbocycles. The van der Waals surface area contributed by atoms with Crippen LogP contribution in [-0.2, 0) is 14.8 Å². The fraction of sp³-hybridized carbons (Fsp3) is 0.333. The van der Waals surface area contributed by atoms with Crippen LogP contribution in [0.5, 0.6) is 0 Å². The van der Waals surface area contributed by atoms with E-state index < -0.39 is 33.5 Å². The highest BCUT2D eigenvalue weighted by Gasteiger charge is 2.34. The van der Waals surface area contributed by atoms with Crippen LogP contribution in [0.25, 0.3) is 0 Å². The van der Waals surface area contributed by atoms with Gasteiger partial charge in [0.2, 0.25) is 5.91 Å². The Morgan fingerprint density at radius 2 is 2.16 bits per heavy atom. The number of H-pyrrole nitrogens is 1. The van der Waals surface area contributed by atoms with Crippen molar-refractivity contribution in [3.05, 3.63) is 42.4 Å². The minimum Gasteiger partial charge on any atom is -0.335 e. The van der Waals surface area contributed by atoms with Gasteiger partial charge in [0.15, 0.2) is 5.03 Å². The summed E-state index contributed by atoms with van der Waals surface area (Å²) in [5.41, 5.74) is -0.265. The average molecular weight is 370 g/mol. The fourth-order valence-electron chi connectivity index (χ4n) is 2.73. The van der Waals surface area contributed by atoms with Gasteiger partial charge in [0.25, 0.3) is 10.0 Å². The Hall–Kier alpha value is -2.33. The van der Waals surface area contributed by atoms with Crippen LogP contribution in [-0.4, -0.2) is 41.7 Å². The standard InChI is InChI=1S/C15H16F2N4O3S/c16-11-3-4-12(17)13(6-11)20-15(22)10-2-1-5-21(8-10)25(23,24)14-7-18-9-19-14/h3-4,6-7,9-10H,1-2,5,8H2,(H,18,19)(H,20,22). The number of halogens is 2. The summed E-state index contributed by atoms with van der Waals surface area (Å²) in [7, 11) is -3.77. The molecule has 1 aromatic heterocycles. The zero-order valence-electron chi connectivity index (χ0n) is 13.1. The lowest BCUT2D eigenvalue weighted by Gasteiger charge is -2.30. The van der Waals surface area contributed by atoms with Gasteiger partial charge in [0.05, 0.1) is 24.1 Å². The van der Waals surface area contributed by atoms with Gasteiger partial charge in [-0.1, -0.05) is 0 Å². The lowest BCUT2D eigenvalue weighted by Crippen LogP contribution is -2.43. The molecule has 1 aliphatic rings. The molecule has 0 aliphatic carbocycles. The van der Waals surface area contributed by atoms with Crippen LogP contribution in [0.1, 0.15) is 12.8 Å². The number of aromatic amines is 1. The number of aromatic nitrogens is 2. The van der Waals surface area contributed by atoms with Gasteiger partial charge in [-0.15, -0.1) is 0 Å². The number of nitrogens with zero attached hydrogens (tertiary/aromatic N) is 2. The number of hydrogen-bond acceptors (Lipinski definition) is 4. The van der Waals surface area contributed by atoms with Gasteiger partial charge in [-0.25, -0.2) is 22.2 Å². The molecule has 3 rings (SSSR count). The van der Waals surface area contributed by atoms with E-state index in [9.17, 15) is 22.0 Å². The van der Waals surface area contributed by atoms with Crippen LogP contribution >= 0.6 is 0 Å². The highest BCUT2D eigenvalue weighted by Crippen LogP contribution is 2.24. The summed E-state index contributed by atoms with van der Waals surface area (Å²) < 4.78 is 53.0. The maximum Gasteiger partial charge on any atom is 0.260 e. The summed E-state index contributed by atoms with van der Waals surface area (Å²) in [6.45, 7) is 0.240. The second kappa shape index (κ2) is 6.89. The minimum atomic E-state index is -3.77. The van der Waals surface area contributed by atoms with E-state index in [-0.39, 0.29) is 23.8 Å². The molecule has 134 valence electrons.